The number of halogens is 4. The summed E-state index contributed by atoms with van der Waals surface area (Å²) in [6.07, 6.45) is 1.48. The number of anilines is 1. The third-order valence-corrected chi connectivity index (χ3v) is 7.16. The third-order valence-electron chi connectivity index (χ3n) is 5.09. The zero-order valence-corrected chi connectivity index (χ0v) is 21.5. The van der Waals surface area contributed by atoms with Crippen LogP contribution in [0.25, 0.3) is 0 Å². The maximum Gasteiger partial charge on any atom is 0.301 e. The van der Waals surface area contributed by atoms with E-state index in [-0.39, 0.29) is 29.7 Å². The van der Waals surface area contributed by atoms with Crippen molar-refractivity contribution < 1.29 is 36.0 Å². The Kier molecular flexibility index (Phi) is 12.0. The number of carbonyl (C=O) groups is 1. The number of amides is 1. The molecule has 6 nitrogen and oxygen atoms in total. The van der Waals surface area contributed by atoms with E-state index < -0.39 is 40.8 Å². The van der Waals surface area contributed by atoms with Gasteiger partial charge in [-0.3, -0.25) is 13.5 Å². The van der Waals surface area contributed by atoms with Gasteiger partial charge in [0.2, 0.25) is 0 Å². The summed E-state index contributed by atoms with van der Waals surface area (Å²) >= 11 is 5.38. The second kappa shape index (κ2) is 14.2. The van der Waals surface area contributed by atoms with Gasteiger partial charge in [-0.2, -0.15) is 4.21 Å². The van der Waals surface area contributed by atoms with E-state index in [1.165, 1.54) is 23.9 Å². The van der Waals surface area contributed by atoms with Gasteiger partial charge in [-0.1, -0.05) is 18.5 Å². The second-order valence-corrected chi connectivity index (χ2v) is 10.4. The number of hydrogen-bond donors (Lipinski definition) is 3. The molecular weight excluding hydrogens is 527 g/mol. The number of thioether (sulfide) groups is 1. The average Bonchev–Trinajstić information content (AvgIpc) is 2.78. The maximum atomic E-state index is 13.4. The van der Waals surface area contributed by atoms with E-state index in [1.807, 2.05) is 6.92 Å². The van der Waals surface area contributed by atoms with Crippen LogP contribution in [0.2, 0.25) is 5.02 Å². The first-order valence-electron chi connectivity index (χ1n) is 10.8. The molecule has 4 atom stereocenters. The summed E-state index contributed by atoms with van der Waals surface area (Å²) in [5.74, 6) is -4.39. The molecule has 0 saturated heterocycles. The van der Waals surface area contributed by atoms with Gasteiger partial charge < -0.3 is 10.4 Å². The Labute approximate surface area is 214 Å². The molecule has 0 spiro atoms. The molecular formula is C23H27ClF3NO5S2. The Morgan fingerprint density at radius 2 is 1.83 bits per heavy atom. The standard InChI is InChI=1S/C23H27ClF3NO5S2/c1-13(11-33-35(31)32)7-15(4-3-14(2)29)12-34-21-8-16(5-6-18(21)24)23(30)28-17-9-19(25)22(27)20(26)10-17/h5-6,8-10,13-15,29H,3-4,7,11-12H2,1-2H3,(H,28,30)(H,31,32). The SMILES string of the molecule is CC(O)CCC(CSc1cc(C(=O)Nc2cc(F)c(F)c(F)c2)ccc1Cl)CC(C)COS(=O)O. The van der Waals surface area contributed by atoms with Crippen molar-refractivity contribution in [3.05, 3.63) is 58.4 Å². The van der Waals surface area contributed by atoms with Crippen LogP contribution in [0.3, 0.4) is 0 Å². The minimum absolute atomic E-state index is 0.00483. The summed E-state index contributed by atoms with van der Waals surface area (Å²) in [5.41, 5.74) is -0.0384. The molecule has 0 radical (unpaired) electrons. The molecule has 0 aliphatic rings. The maximum absolute atomic E-state index is 13.4. The highest BCUT2D eigenvalue weighted by atomic mass is 35.5. The number of aliphatic hydroxyl groups excluding tert-OH is 1. The quantitative estimate of drug-likeness (QED) is 0.159. The molecule has 1 amide bonds. The van der Waals surface area contributed by atoms with E-state index in [9.17, 15) is 27.3 Å². The lowest BCUT2D eigenvalue weighted by atomic mass is 9.93. The Balaban J connectivity index is 2.08. The van der Waals surface area contributed by atoms with Gasteiger partial charge in [-0.25, -0.2) is 13.2 Å². The van der Waals surface area contributed by atoms with Gasteiger partial charge in [0.25, 0.3) is 5.91 Å². The van der Waals surface area contributed by atoms with Crippen LogP contribution in [-0.2, 0) is 15.5 Å². The highest BCUT2D eigenvalue weighted by Gasteiger charge is 2.18. The lowest BCUT2D eigenvalue weighted by Crippen LogP contribution is -2.16. The number of nitrogens with one attached hydrogen (secondary N) is 1. The van der Waals surface area contributed by atoms with Crippen molar-refractivity contribution in [2.75, 3.05) is 17.7 Å². The van der Waals surface area contributed by atoms with Gasteiger partial charge in [0.05, 0.1) is 17.7 Å². The summed E-state index contributed by atoms with van der Waals surface area (Å²) < 4.78 is 64.4. The van der Waals surface area contributed by atoms with Crippen LogP contribution >= 0.6 is 23.4 Å². The Morgan fingerprint density at radius 3 is 2.43 bits per heavy atom. The topological polar surface area (TPSA) is 95.9 Å². The summed E-state index contributed by atoms with van der Waals surface area (Å²) in [5, 5.41) is 12.4. The predicted octanol–water partition coefficient (Wildman–Crippen LogP) is 6.06. The summed E-state index contributed by atoms with van der Waals surface area (Å²) in [4.78, 5) is 13.2. The molecule has 4 unspecified atom stereocenters. The lowest BCUT2D eigenvalue weighted by molar-refractivity contribution is 0.102. The zero-order valence-electron chi connectivity index (χ0n) is 19.1. The van der Waals surface area contributed by atoms with Crippen molar-refractivity contribution >= 4 is 46.3 Å². The first kappa shape index (κ1) is 29.6. The molecule has 194 valence electrons. The van der Waals surface area contributed by atoms with Crippen molar-refractivity contribution in [1.82, 2.24) is 0 Å². The Morgan fingerprint density at radius 1 is 1.17 bits per heavy atom. The van der Waals surface area contributed by atoms with Crippen LogP contribution in [0.15, 0.2) is 35.2 Å². The minimum Gasteiger partial charge on any atom is -0.393 e. The van der Waals surface area contributed by atoms with Crippen LogP contribution in [0.4, 0.5) is 18.9 Å². The largest absolute Gasteiger partial charge is 0.393 e. The van der Waals surface area contributed by atoms with Crippen LogP contribution in [0.5, 0.6) is 0 Å². The fourth-order valence-electron chi connectivity index (χ4n) is 3.35. The van der Waals surface area contributed by atoms with Crippen LogP contribution in [-0.4, -0.2) is 38.2 Å². The molecule has 0 fully saturated rings. The summed E-state index contributed by atoms with van der Waals surface area (Å²) in [6, 6.07) is 5.91. The van der Waals surface area contributed by atoms with Crippen molar-refractivity contribution in [3.8, 4) is 0 Å². The number of benzene rings is 2. The van der Waals surface area contributed by atoms with Gasteiger partial charge in [-0.15, -0.1) is 11.8 Å². The van der Waals surface area contributed by atoms with Crippen molar-refractivity contribution in [3.63, 3.8) is 0 Å². The molecule has 0 aliphatic carbocycles. The molecule has 2 aromatic carbocycles. The molecule has 3 N–H and O–H groups in total. The normalized spacial score (nSPS) is 14.9. The molecule has 0 bridgehead atoms. The monoisotopic (exact) mass is 553 g/mol. The van der Waals surface area contributed by atoms with Gasteiger partial charge in [0, 0.05) is 34.0 Å². The molecule has 35 heavy (non-hydrogen) atoms. The van der Waals surface area contributed by atoms with Gasteiger partial charge in [0.15, 0.2) is 17.5 Å². The molecule has 2 aromatic rings. The molecule has 0 saturated carbocycles. The Bertz CT molecular complexity index is 1020. The molecule has 0 aromatic heterocycles. The van der Waals surface area contributed by atoms with Crippen molar-refractivity contribution in [2.45, 2.75) is 44.1 Å². The van der Waals surface area contributed by atoms with E-state index in [2.05, 4.69) is 5.32 Å². The second-order valence-electron chi connectivity index (χ2n) is 8.30. The van der Waals surface area contributed by atoms with E-state index in [0.29, 0.717) is 47.1 Å². The highest BCUT2D eigenvalue weighted by molar-refractivity contribution is 7.99. The fourth-order valence-corrected chi connectivity index (χ4v) is 5.12. The van der Waals surface area contributed by atoms with E-state index in [0.717, 1.165) is 0 Å². The van der Waals surface area contributed by atoms with E-state index >= 15 is 0 Å². The highest BCUT2D eigenvalue weighted by Crippen LogP contribution is 2.33. The predicted molar refractivity (Wildman–Crippen MR) is 131 cm³/mol. The smallest absolute Gasteiger partial charge is 0.301 e. The van der Waals surface area contributed by atoms with Gasteiger partial charge >= 0.3 is 11.4 Å². The van der Waals surface area contributed by atoms with Crippen molar-refractivity contribution in [2.24, 2.45) is 11.8 Å². The molecule has 0 aliphatic heterocycles. The van der Waals surface area contributed by atoms with Crippen LogP contribution in [0, 0.1) is 29.3 Å². The fraction of sp³-hybridized carbons (Fsp3) is 0.435. The Hall–Kier alpha value is -1.63. The zero-order chi connectivity index (χ0) is 26.1. The number of carbonyl (C=O) groups excluding carboxylic acids is 1. The summed E-state index contributed by atoms with van der Waals surface area (Å²) in [6.45, 7) is 3.70. The van der Waals surface area contributed by atoms with Gasteiger partial charge in [-0.05, 0) is 56.2 Å². The first-order valence-corrected chi connectivity index (χ1v) is 13.2. The summed E-state index contributed by atoms with van der Waals surface area (Å²) in [7, 11) is 0. The van der Waals surface area contributed by atoms with Crippen LogP contribution in [0.1, 0.15) is 43.5 Å². The molecule has 12 heteroatoms. The first-order chi connectivity index (χ1) is 16.5. The van der Waals surface area contributed by atoms with E-state index in [4.69, 9.17) is 20.3 Å². The minimum atomic E-state index is -2.34. The third kappa shape index (κ3) is 10.1. The number of hydrogen-bond acceptors (Lipinski definition) is 5. The lowest BCUT2D eigenvalue weighted by Gasteiger charge is -2.21. The number of aliphatic hydroxyl groups is 1. The van der Waals surface area contributed by atoms with Crippen molar-refractivity contribution in [1.29, 1.82) is 0 Å². The molecule has 2 rings (SSSR count). The van der Waals surface area contributed by atoms with E-state index in [1.54, 1.807) is 13.0 Å². The van der Waals surface area contributed by atoms with Crippen LogP contribution < -0.4 is 5.32 Å². The van der Waals surface area contributed by atoms with Gasteiger partial charge in [0.1, 0.15) is 0 Å². The average molecular weight is 554 g/mol. The molecule has 0 heterocycles. The number of rotatable bonds is 13.